The van der Waals surface area contributed by atoms with E-state index in [1.54, 1.807) is 0 Å². The molecule has 0 aliphatic rings. The van der Waals surface area contributed by atoms with Crippen molar-refractivity contribution in [3.05, 3.63) is 18.7 Å². The minimum Gasteiger partial charge on any atom is -0.425 e. The summed E-state index contributed by atoms with van der Waals surface area (Å²) in [5.74, 6) is -0.0839. The van der Waals surface area contributed by atoms with Crippen LogP contribution < -0.4 is 4.57 Å². The topological polar surface area (TPSA) is 35.1 Å². The van der Waals surface area contributed by atoms with Crippen molar-refractivity contribution in [3.63, 3.8) is 0 Å². The van der Waals surface area contributed by atoms with Gasteiger partial charge in [0, 0.05) is 6.42 Å². The SMILES string of the molecule is CCCCCCCCCCCCCCCC(=O)OCn1cc[n+](C)c1. The Balaban J connectivity index is 1.80. The maximum atomic E-state index is 11.7. The summed E-state index contributed by atoms with van der Waals surface area (Å²) in [7, 11) is 1.95. The molecule has 25 heavy (non-hydrogen) atoms. The maximum Gasteiger partial charge on any atom is 0.308 e. The van der Waals surface area contributed by atoms with Crippen molar-refractivity contribution in [1.82, 2.24) is 4.57 Å². The molecule has 0 aromatic carbocycles. The Morgan fingerprint density at radius 3 is 1.88 bits per heavy atom. The first-order chi connectivity index (χ1) is 12.2. The minimum atomic E-state index is -0.0839. The number of hydrogen-bond donors (Lipinski definition) is 0. The smallest absolute Gasteiger partial charge is 0.308 e. The molecule has 1 rings (SSSR count). The van der Waals surface area contributed by atoms with Gasteiger partial charge >= 0.3 is 5.97 Å². The number of aryl methyl sites for hydroxylation is 1. The molecule has 1 aromatic heterocycles. The minimum absolute atomic E-state index is 0.0839. The molecule has 1 aromatic rings. The molecule has 0 N–H and O–H groups in total. The molecule has 0 fully saturated rings. The van der Waals surface area contributed by atoms with E-state index in [0.29, 0.717) is 13.2 Å². The van der Waals surface area contributed by atoms with Crippen LogP contribution in [0, 0.1) is 0 Å². The first-order valence-corrected chi connectivity index (χ1v) is 10.4. The number of hydrogen-bond acceptors (Lipinski definition) is 2. The van der Waals surface area contributed by atoms with E-state index in [-0.39, 0.29) is 5.97 Å². The Kier molecular flexibility index (Phi) is 13.0. The molecule has 4 heteroatoms. The van der Waals surface area contributed by atoms with Crippen LogP contribution >= 0.6 is 0 Å². The van der Waals surface area contributed by atoms with Gasteiger partial charge in [-0.2, -0.15) is 0 Å². The van der Waals surface area contributed by atoms with Crippen LogP contribution in [0.4, 0.5) is 0 Å². The molecular weight excluding hydrogens is 312 g/mol. The molecule has 0 spiro atoms. The highest BCUT2D eigenvalue weighted by molar-refractivity contribution is 5.69. The maximum absolute atomic E-state index is 11.7. The predicted molar refractivity (Wildman–Crippen MR) is 102 cm³/mol. The van der Waals surface area contributed by atoms with Crippen molar-refractivity contribution in [1.29, 1.82) is 0 Å². The number of esters is 1. The highest BCUT2D eigenvalue weighted by atomic mass is 16.5. The van der Waals surface area contributed by atoms with Gasteiger partial charge in [-0.05, 0) is 6.42 Å². The normalized spacial score (nSPS) is 11.0. The molecule has 0 bridgehead atoms. The van der Waals surface area contributed by atoms with Crippen LogP contribution in [-0.2, 0) is 23.3 Å². The third-order valence-electron chi connectivity index (χ3n) is 4.68. The van der Waals surface area contributed by atoms with Gasteiger partial charge in [-0.15, -0.1) is 0 Å². The van der Waals surface area contributed by atoms with Crippen LogP contribution in [0.1, 0.15) is 96.8 Å². The molecule has 0 amide bonds. The number of carbonyl (C=O) groups is 1. The first kappa shape index (κ1) is 21.7. The molecule has 4 nitrogen and oxygen atoms in total. The fraction of sp³-hybridized carbons (Fsp3) is 0.810. The quantitative estimate of drug-likeness (QED) is 0.230. The lowest BCUT2D eigenvalue weighted by atomic mass is 10.0. The number of nitrogens with zero attached hydrogens (tertiary/aromatic N) is 2. The Morgan fingerprint density at radius 2 is 1.40 bits per heavy atom. The average Bonchev–Trinajstić information content (AvgIpc) is 3.02. The molecule has 0 saturated carbocycles. The van der Waals surface area contributed by atoms with Crippen LogP contribution in [0.5, 0.6) is 0 Å². The van der Waals surface area contributed by atoms with Crippen molar-refractivity contribution in [2.45, 2.75) is 104 Å². The van der Waals surface area contributed by atoms with Crippen molar-refractivity contribution in [2.24, 2.45) is 7.05 Å². The molecule has 0 unspecified atom stereocenters. The van der Waals surface area contributed by atoms with Crippen molar-refractivity contribution in [3.8, 4) is 0 Å². The summed E-state index contributed by atoms with van der Waals surface area (Å²) < 4.78 is 9.05. The van der Waals surface area contributed by atoms with Gasteiger partial charge in [0.25, 0.3) is 0 Å². The summed E-state index contributed by atoms with van der Waals surface area (Å²) in [6.45, 7) is 2.59. The zero-order valence-electron chi connectivity index (χ0n) is 16.5. The van der Waals surface area contributed by atoms with Crippen LogP contribution in [0.25, 0.3) is 0 Å². The summed E-state index contributed by atoms with van der Waals surface area (Å²) in [6.07, 6.45) is 23.5. The van der Waals surface area contributed by atoms with Gasteiger partial charge in [-0.3, -0.25) is 4.79 Å². The monoisotopic (exact) mass is 351 g/mol. The first-order valence-electron chi connectivity index (χ1n) is 10.4. The Labute approximate surface area is 154 Å². The lowest BCUT2D eigenvalue weighted by Crippen LogP contribution is -2.24. The van der Waals surface area contributed by atoms with E-state index in [4.69, 9.17) is 4.74 Å². The molecular formula is C21H39N2O2+. The van der Waals surface area contributed by atoms with Gasteiger partial charge in [0.1, 0.15) is 12.4 Å². The van der Waals surface area contributed by atoms with Crippen LogP contribution in [0.3, 0.4) is 0 Å². The van der Waals surface area contributed by atoms with Crippen molar-refractivity contribution >= 4 is 5.97 Å². The van der Waals surface area contributed by atoms with Crippen molar-refractivity contribution in [2.75, 3.05) is 0 Å². The number of ether oxygens (including phenoxy) is 1. The number of imidazole rings is 1. The average molecular weight is 352 g/mol. The van der Waals surface area contributed by atoms with E-state index >= 15 is 0 Å². The zero-order chi connectivity index (χ0) is 18.2. The second-order valence-corrected chi connectivity index (χ2v) is 7.23. The van der Waals surface area contributed by atoms with Crippen LogP contribution in [-0.4, -0.2) is 10.5 Å². The molecule has 0 saturated heterocycles. The lowest BCUT2D eigenvalue weighted by Gasteiger charge is -2.04. The van der Waals surface area contributed by atoms with Gasteiger partial charge in [0.15, 0.2) is 0 Å². The second-order valence-electron chi connectivity index (χ2n) is 7.23. The van der Waals surface area contributed by atoms with E-state index in [1.165, 1.54) is 70.6 Å². The fourth-order valence-electron chi connectivity index (χ4n) is 3.08. The van der Waals surface area contributed by atoms with Crippen LogP contribution in [0.2, 0.25) is 0 Å². The van der Waals surface area contributed by atoms with E-state index in [9.17, 15) is 4.79 Å². The third-order valence-corrected chi connectivity index (χ3v) is 4.68. The summed E-state index contributed by atoms with van der Waals surface area (Å²) in [4.78, 5) is 11.7. The Bertz CT molecular complexity index is 443. The van der Waals surface area contributed by atoms with Crippen molar-refractivity contribution < 1.29 is 14.1 Å². The highest BCUT2D eigenvalue weighted by Crippen LogP contribution is 2.13. The van der Waals surface area contributed by atoms with E-state index in [0.717, 1.165) is 12.8 Å². The summed E-state index contributed by atoms with van der Waals surface area (Å²) in [5.41, 5.74) is 0. The lowest BCUT2D eigenvalue weighted by molar-refractivity contribution is -0.671. The summed E-state index contributed by atoms with van der Waals surface area (Å²) >= 11 is 0. The number of aromatic nitrogens is 2. The standard InChI is InChI=1S/C21H39N2O2/c1-3-4-5-6-7-8-9-10-11-12-13-14-15-16-21(24)25-20-23-18-17-22(2)19-23/h17-19H,3-16,20H2,1-2H3/q+1. The zero-order valence-corrected chi connectivity index (χ0v) is 16.5. The van der Waals surface area contributed by atoms with E-state index in [1.807, 2.05) is 34.9 Å². The molecule has 1 heterocycles. The predicted octanol–water partition coefficient (Wildman–Crippen LogP) is 5.29. The summed E-state index contributed by atoms with van der Waals surface area (Å²) in [5, 5.41) is 0. The molecule has 144 valence electrons. The number of rotatable bonds is 16. The molecule has 0 aliphatic carbocycles. The number of carbonyl (C=O) groups excluding carboxylic acids is 1. The third kappa shape index (κ3) is 12.7. The molecule has 0 aliphatic heterocycles. The van der Waals surface area contributed by atoms with Gasteiger partial charge < -0.3 is 4.74 Å². The van der Waals surface area contributed by atoms with Gasteiger partial charge in [-0.1, -0.05) is 84.0 Å². The van der Waals surface area contributed by atoms with E-state index in [2.05, 4.69) is 6.92 Å². The summed E-state index contributed by atoms with van der Waals surface area (Å²) in [6, 6.07) is 0. The molecule has 0 atom stereocenters. The van der Waals surface area contributed by atoms with Crippen LogP contribution in [0.15, 0.2) is 18.7 Å². The fourth-order valence-corrected chi connectivity index (χ4v) is 3.08. The second kappa shape index (κ2) is 15.0. The largest absolute Gasteiger partial charge is 0.425 e. The van der Waals surface area contributed by atoms with Gasteiger partial charge in [0.05, 0.1) is 7.05 Å². The van der Waals surface area contributed by atoms with E-state index < -0.39 is 0 Å². The van der Waals surface area contributed by atoms with Gasteiger partial charge in [-0.25, -0.2) is 9.13 Å². The highest BCUT2D eigenvalue weighted by Gasteiger charge is 2.05. The van der Waals surface area contributed by atoms with Gasteiger partial charge in [0.2, 0.25) is 13.1 Å². The Hall–Kier alpha value is -1.32. The Morgan fingerprint density at radius 1 is 0.880 bits per heavy atom. The number of unbranched alkanes of at least 4 members (excludes halogenated alkanes) is 12. The molecule has 0 radical (unpaired) electrons.